The Hall–Kier alpha value is -3.16. The predicted molar refractivity (Wildman–Crippen MR) is 105 cm³/mol. The van der Waals surface area contributed by atoms with Gasteiger partial charge in [0.25, 0.3) is 5.91 Å². The zero-order valence-corrected chi connectivity index (χ0v) is 16.7. The Morgan fingerprint density at radius 1 is 1.18 bits per heavy atom. The maximum absolute atomic E-state index is 12.6. The van der Waals surface area contributed by atoms with E-state index in [1.165, 1.54) is 0 Å². The van der Waals surface area contributed by atoms with E-state index >= 15 is 0 Å². The number of aryl methyl sites for hydroxylation is 1. The highest BCUT2D eigenvalue weighted by atomic mass is 16.4. The second kappa shape index (κ2) is 8.24. The molecular formula is C20H26N4O4. The smallest absolute Gasteiger partial charge is 0.322 e. The Bertz CT molecular complexity index is 879. The molecule has 1 aromatic heterocycles. The van der Waals surface area contributed by atoms with E-state index in [1.807, 2.05) is 20.8 Å². The summed E-state index contributed by atoms with van der Waals surface area (Å²) in [5.74, 6) is -2.24. The van der Waals surface area contributed by atoms with E-state index in [2.05, 4.69) is 15.7 Å². The van der Waals surface area contributed by atoms with E-state index in [9.17, 15) is 14.4 Å². The van der Waals surface area contributed by atoms with Crippen molar-refractivity contribution in [3.63, 3.8) is 0 Å². The van der Waals surface area contributed by atoms with Crippen molar-refractivity contribution in [2.75, 3.05) is 11.9 Å². The Kier molecular flexibility index (Phi) is 6.23. The van der Waals surface area contributed by atoms with Gasteiger partial charge in [-0.25, -0.2) is 0 Å². The molecule has 0 fully saturated rings. The number of aliphatic carboxylic acids is 1. The summed E-state index contributed by atoms with van der Waals surface area (Å²) in [4.78, 5) is 35.1. The summed E-state index contributed by atoms with van der Waals surface area (Å²) in [7, 11) is 1.73. The number of hydrogen-bond acceptors (Lipinski definition) is 4. The normalized spacial score (nSPS) is 12.3. The number of amides is 2. The van der Waals surface area contributed by atoms with Gasteiger partial charge in [-0.3, -0.25) is 19.1 Å². The largest absolute Gasteiger partial charge is 0.480 e. The van der Waals surface area contributed by atoms with Crippen molar-refractivity contribution in [3.05, 3.63) is 47.3 Å². The van der Waals surface area contributed by atoms with E-state index in [0.717, 1.165) is 11.3 Å². The fourth-order valence-electron chi connectivity index (χ4n) is 2.56. The molecule has 0 saturated heterocycles. The highest BCUT2D eigenvalue weighted by Crippen LogP contribution is 2.22. The lowest BCUT2D eigenvalue weighted by molar-refractivity contribution is -0.138. The summed E-state index contributed by atoms with van der Waals surface area (Å²) in [6.45, 7) is 7.36. The third kappa shape index (κ3) is 5.18. The molecule has 2 aromatic rings. The van der Waals surface area contributed by atoms with Crippen LogP contribution in [-0.2, 0) is 22.1 Å². The molecule has 8 heteroatoms. The monoisotopic (exact) mass is 386 g/mol. The van der Waals surface area contributed by atoms with Gasteiger partial charge in [-0.2, -0.15) is 5.10 Å². The van der Waals surface area contributed by atoms with Crippen molar-refractivity contribution in [2.45, 2.75) is 39.0 Å². The van der Waals surface area contributed by atoms with E-state index < -0.39 is 18.4 Å². The number of nitrogens with one attached hydrogen (secondary N) is 2. The minimum Gasteiger partial charge on any atom is -0.480 e. The Morgan fingerprint density at radius 2 is 1.79 bits per heavy atom. The molecule has 2 rings (SSSR count). The topological polar surface area (TPSA) is 113 Å². The van der Waals surface area contributed by atoms with E-state index in [-0.39, 0.29) is 17.2 Å². The second-order valence-corrected chi connectivity index (χ2v) is 7.70. The standard InChI is InChI=1S/C20H26N4O4/c1-12(18(27)21-11-17(25)26)13-6-8-14(9-7-13)22-19(28)15-10-16(20(2,3)4)23-24(15)5/h6-10,12H,11H2,1-5H3,(H,21,27)(H,22,28)(H,25,26). The van der Waals surface area contributed by atoms with Crippen molar-refractivity contribution in [2.24, 2.45) is 7.05 Å². The van der Waals surface area contributed by atoms with Crippen LogP contribution in [0.1, 0.15) is 55.4 Å². The lowest BCUT2D eigenvalue weighted by Crippen LogP contribution is -2.32. The van der Waals surface area contributed by atoms with Gasteiger partial charge in [0.1, 0.15) is 12.2 Å². The summed E-state index contributed by atoms with van der Waals surface area (Å²) in [6, 6.07) is 8.64. The number of carboxylic acids is 1. The molecule has 0 radical (unpaired) electrons. The number of benzene rings is 1. The molecule has 0 aliphatic heterocycles. The quantitative estimate of drug-likeness (QED) is 0.705. The van der Waals surface area contributed by atoms with Gasteiger partial charge >= 0.3 is 5.97 Å². The van der Waals surface area contributed by atoms with Crippen LogP contribution in [0.2, 0.25) is 0 Å². The summed E-state index contributed by atoms with van der Waals surface area (Å²) in [6.07, 6.45) is 0. The number of carbonyl (C=O) groups is 3. The molecule has 150 valence electrons. The molecular weight excluding hydrogens is 360 g/mol. The van der Waals surface area contributed by atoms with E-state index in [0.29, 0.717) is 11.4 Å². The Morgan fingerprint density at radius 3 is 2.29 bits per heavy atom. The molecule has 8 nitrogen and oxygen atoms in total. The van der Waals surface area contributed by atoms with E-state index in [1.54, 1.807) is 49.0 Å². The fourth-order valence-corrected chi connectivity index (χ4v) is 2.56. The molecule has 1 aromatic carbocycles. The number of anilines is 1. The van der Waals surface area contributed by atoms with E-state index in [4.69, 9.17) is 5.11 Å². The molecule has 0 bridgehead atoms. The van der Waals surface area contributed by atoms with Gasteiger partial charge < -0.3 is 15.7 Å². The first kappa shape index (κ1) is 21.1. The second-order valence-electron chi connectivity index (χ2n) is 7.70. The zero-order valence-electron chi connectivity index (χ0n) is 16.7. The van der Waals surface area contributed by atoms with Gasteiger partial charge in [0.05, 0.1) is 11.6 Å². The first-order valence-corrected chi connectivity index (χ1v) is 8.94. The predicted octanol–water partition coefficient (Wildman–Crippen LogP) is 2.27. The third-order valence-electron chi connectivity index (χ3n) is 4.36. The SMILES string of the molecule is CC(C(=O)NCC(=O)O)c1ccc(NC(=O)c2cc(C(C)(C)C)nn2C)cc1. The van der Waals surface area contributed by atoms with Gasteiger partial charge in [0.15, 0.2) is 0 Å². The van der Waals surface area contributed by atoms with Crippen LogP contribution in [0.4, 0.5) is 5.69 Å². The number of nitrogens with zero attached hydrogens (tertiary/aromatic N) is 2. The van der Waals surface area contributed by atoms with Crippen LogP contribution in [0.3, 0.4) is 0 Å². The number of carbonyl (C=O) groups excluding carboxylic acids is 2. The number of carboxylic acid groups (broad SMARTS) is 1. The molecule has 1 atom stereocenters. The van der Waals surface area contributed by atoms with Crippen molar-refractivity contribution in [1.82, 2.24) is 15.1 Å². The van der Waals surface area contributed by atoms with Crippen LogP contribution in [0.25, 0.3) is 0 Å². The van der Waals surface area contributed by atoms with Crippen LogP contribution in [-0.4, -0.2) is 39.2 Å². The minimum absolute atomic E-state index is 0.157. The van der Waals surface area contributed by atoms with Gasteiger partial charge in [0, 0.05) is 18.2 Å². The van der Waals surface area contributed by atoms with Crippen molar-refractivity contribution < 1.29 is 19.5 Å². The molecule has 3 N–H and O–H groups in total. The minimum atomic E-state index is -1.09. The van der Waals surface area contributed by atoms with Gasteiger partial charge in [-0.1, -0.05) is 32.9 Å². The van der Waals surface area contributed by atoms with Gasteiger partial charge in [-0.15, -0.1) is 0 Å². The van der Waals surface area contributed by atoms with Crippen molar-refractivity contribution in [1.29, 1.82) is 0 Å². The molecule has 2 amide bonds. The van der Waals surface area contributed by atoms with Crippen LogP contribution in [0.15, 0.2) is 30.3 Å². The third-order valence-corrected chi connectivity index (χ3v) is 4.36. The average molecular weight is 386 g/mol. The number of aromatic nitrogens is 2. The summed E-state index contributed by atoms with van der Waals surface area (Å²) in [5.41, 5.74) is 2.43. The number of rotatable bonds is 6. The molecule has 0 aliphatic rings. The summed E-state index contributed by atoms with van der Waals surface area (Å²) >= 11 is 0. The molecule has 0 spiro atoms. The highest BCUT2D eigenvalue weighted by molar-refractivity contribution is 6.03. The molecule has 1 unspecified atom stereocenters. The van der Waals surface area contributed by atoms with Crippen LogP contribution in [0, 0.1) is 0 Å². The Balaban J connectivity index is 2.06. The van der Waals surface area contributed by atoms with Crippen molar-refractivity contribution >= 4 is 23.5 Å². The lowest BCUT2D eigenvalue weighted by atomic mass is 9.92. The zero-order chi connectivity index (χ0) is 21.1. The maximum atomic E-state index is 12.6. The van der Waals surface area contributed by atoms with Gasteiger partial charge in [-0.05, 0) is 30.7 Å². The highest BCUT2D eigenvalue weighted by Gasteiger charge is 2.22. The van der Waals surface area contributed by atoms with Crippen LogP contribution >= 0.6 is 0 Å². The fraction of sp³-hybridized carbons (Fsp3) is 0.400. The van der Waals surface area contributed by atoms with Crippen LogP contribution < -0.4 is 10.6 Å². The molecule has 0 aliphatic carbocycles. The average Bonchev–Trinajstić information content (AvgIpc) is 3.02. The number of hydrogen-bond donors (Lipinski definition) is 3. The summed E-state index contributed by atoms with van der Waals surface area (Å²) in [5, 5.41) is 18.2. The van der Waals surface area contributed by atoms with Crippen LogP contribution in [0.5, 0.6) is 0 Å². The molecule has 28 heavy (non-hydrogen) atoms. The molecule has 0 saturated carbocycles. The lowest BCUT2D eigenvalue weighted by Gasteiger charge is -2.13. The van der Waals surface area contributed by atoms with Gasteiger partial charge in [0.2, 0.25) is 5.91 Å². The molecule has 1 heterocycles. The first-order chi connectivity index (χ1) is 13.0. The summed E-state index contributed by atoms with van der Waals surface area (Å²) < 4.78 is 1.55. The van der Waals surface area contributed by atoms with Crippen molar-refractivity contribution in [3.8, 4) is 0 Å². The maximum Gasteiger partial charge on any atom is 0.322 e. The first-order valence-electron chi connectivity index (χ1n) is 8.94. The Labute approximate surface area is 163 Å².